The van der Waals surface area contributed by atoms with Crippen molar-refractivity contribution >= 4 is 39.2 Å². The maximum atomic E-state index is 12.4. The number of carbonyl (C=O) groups excluding carboxylic acids is 1. The van der Waals surface area contributed by atoms with Crippen molar-refractivity contribution in [1.82, 2.24) is 24.6 Å². The molecule has 3 aromatic rings. The molecule has 0 fully saturated rings. The fourth-order valence-corrected chi connectivity index (χ4v) is 3.96. The maximum Gasteiger partial charge on any atom is 0.233 e. The van der Waals surface area contributed by atoms with Crippen LogP contribution < -0.4 is 0 Å². The first-order valence-electron chi connectivity index (χ1n) is 7.14. The number of thiazole rings is 1. The van der Waals surface area contributed by atoms with Crippen LogP contribution in [0.15, 0.2) is 35.7 Å². The van der Waals surface area contributed by atoms with Gasteiger partial charge in [-0.05, 0) is 19.1 Å². The van der Waals surface area contributed by atoms with Crippen LogP contribution in [0.5, 0.6) is 0 Å². The first-order chi connectivity index (χ1) is 11.1. The normalized spacial score (nSPS) is 12.5. The third kappa shape index (κ3) is 3.37. The van der Waals surface area contributed by atoms with E-state index in [1.54, 1.807) is 27.1 Å². The Morgan fingerprint density at radius 1 is 1.43 bits per heavy atom. The van der Waals surface area contributed by atoms with Gasteiger partial charge < -0.3 is 9.47 Å². The molecule has 8 heteroatoms. The predicted octanol–water partition coefficient (Wildman–Crippen LogP) is 2.74. The quantitative estimate of drug-likeness (QED) is 0.664. The molecule has 1 amide bonds. The molecule has 23 heavy (non-hydrogen) atoms. The van der Waals surface area contributed by atoms with E-state index in [-0.39, 0.29) is 11.9 Å². The average molecular weight is 347 g/mol. The highest BCUT2D eigenvalue weighted by molar-refractivity contribution is 7.99. The maximum absolute atomic E-state index is 12.4. The molecule has 0 radical (unpaired) electrons. The Morgan fingerprint density at radius 3 is 2.91 bits per heavy atom. The molecule has 1 aromatic carbocycles. The first-order valence-corrected chi connectivity index (χ1v) is 8.94. The van der Waals surface area contributed by atoms with Crippen LogP contribution in [0.1, 0.15) is 18.0 Å². The molecule has 0 saturated carbocycles. The van der Waals surface area contributed by atoms with Gasteiger partial charge in [0.25, 0.3) is 0 Å². The number of para-hydroxylation sites is 1. The Kier molecular flexibility index (Phi) is 4.63. The van der Waals surface area contributed by atoms with Crippen molar-refractivity contribution < 1.29 is 4.79 Å². The topological polar surface area (TPSA) is 63.9 Å². The number of nitrogens with zero attached hydrogens (tertiary/aromatic N) is 5. The van der Waals surface area contributed by atoms with Crippen LogP contribution in [-0.4, -0.2) is 43.4 Å². The Hall–Kier alpha value is -1.93. The summed E-state index contributed by atoms with van der Waals surface area (Å²) in [7, 11) is 3.68. The number of aromatic nitrogens is 4. The molecule has 120 valence electrons. The van der Waals surface area contributed by atoms with Gasteiger partial charge in [-0.1, -0.05) is 23.9 Å². The van der Waals surface area contributed by atoms with Crippen molar-refractivity contribution in [2.75, 3.05) is 12.8 Å². The number of aryl methyl sites for hydroxylation is 1. The summed E-state index contributed by atoms with van der Waals surface area (Å²) in [4.78, 5) is 18.8. The van der Waals surface area contributed by atoms with Crippen LogP contribution >= 0.6 is 23.1 Å². The molecule has 0 N–H and O–H groups in total. The molecule has 0 aliphatic rings. The van der Waals surface area contributed by atoms with Gasteiger partial charge in [0.05, 0.1) is 22.0 Å². The summed E-state index contributed by atoms with van der Waals surface area (Å²) in [5, 5.41) is 9.47. The van der Waals surface area contributed by atoms with E-state index in [2.05, 4.69) is 21.2 Å². The molecule has 2 heterocycles. The number of hydrogen-bond acceptors (Lipinski definition) is 6. The van der Waals surface area contributed by atoms with Gasteiger partial charge in [0.2, 0.25) is 5.91 Å². The standard InChI is InChI=1S/C15H17N5OS2/c1-10(14-17-11-6-4-5-7-12(11)23-14)20(3)13(21)8-22-15-18-16-9-19(15)2/h4-7,9-10H,8H2,1-3H3. The minimum Gasteiger partial charge on any atom is -0.336 e. The third-order valence-corrected chi connectivity index (χ3v) is 5.86. The highest BCUT2D eigenvalue weighted by Gasteiger charge is 2.21. The zero-order chi connectivity index (χ0) is 16.4. The number of benzene rings is 1. The van der Waals surface area contributed by atoms with Gasteiger partial charge in [-0.15, -0.1) is 21.5 Å². The Morgan fingerprint density at radius 2 is 2.22 bits per heavy atom. The van der Waals surface area contributed by atoms with Crippen LogP contribution in [0, 0.1) is 0 Å². The van der Waals surface area contributed by atoms with Crippen molar-refractivity contribution in [3.8, 4) is 0 Å². The summed E-state index contributed by atoms with van der Waals surface area (Å²) >= 11 is 3.02. The molecular weight excluding hydrogens is 330 g/mol. The number of fused-ring (bicyclic) bond motifs is 1. The average Bonchev–Trinajstić information content (AvgIpc) is 3.17. The van der Waals surface area contributed by atoms with Crippen molar-refractivity contribution in [3.63, 3.8) is 0 Å². The third-order valence-electron chi connectivity index (χ3n) is 3.64. The highest BCUT2D eigenvalue weighted by atomic mass is 32.2. The van der Waals surface area contributed by atoms with E-state index in [9.17, 15) is 4.79 Å². The van der Waals surface area contributed by atoms with Gasteiger partial charge in [-0.25, -0.2) is 4.98 Å². The molecule has 0 aliphatic heterocycles. The fraction of sp³-hybridized carbons (Fsp3) is 0.333. The molecule has 0 spiro atoms. The van der Waals surface area contributed by atoms with Crippen LogP contribution in [-0.2, 0) is 11.8 Å². The zero-order valence-corrected chi connectivity index (χ0v) is 14.8. The Balaban J connectivity index is 1.67. The second-order valence-corrected chi connectivity index (χ2v) is 7.22. The second-order valence-electron chi connectivity index (χ2n) is 5.21. The minimum atomic E-state index is -0.0556. The lowest BCUT2D eigenvalue weighted by atomic mass is 10.3. The summed E-state index contributed by atoms with van der Waals surface area (Å²) in [6, 6.07) is 7.97. The van der Waals surface area contributed by atoms with Crippen molar-refractivity contribution in [2.45, 2.75) is 18.1 Å². The van der Waals surface area contributed by atoms with Crippen LogP contribution in [0.2, 0.25) is 0 Å². The largest absolute Gasteiger partial charge is 0.336 e. The molecule has 0 bridgehead atoms. The van der Waals surface area contributed by atoms with Gasteiger partial charge in [0.15, 0.2) is 5.16 Å². The summed E-state index contributed by atoms with van der Waals surface area (Å²) < 4.78 is 2.94. The highest BCUT2D eigenvalue weighted by Crippen LogP contribution is 2.29. The summed E-state index contributed by atoms with van der Waals surface area (Å²) in [6.07, 6.45) is 1.63. The first kappa shape index (κ1) is 15.9. The lowest BCUT2D eigenvalue weighted by molar-refractivity contribution is -0.128. The zero-order valence-electron chi connectivity index (χ0n) is 13.1. The summed E-state index contributed by atoms with van der Waals surface area (Å²) in [5.41, 5.74) is 0.980. The van der Waals surface area contributed by atoms with Crippen molar-refractivity contribution in [3.05, 3.63) is 35.6 Å². The van der Waals surface area contributed by atoms with Gasteiger partial charge in [0.1, 0.15) is 11.3 Å². The summed E-state index contributed by atoms with van der Waals surface area (Å²) in [5.74, 6) is 0.378. The predicted molar refractivity (Wildman–Crippen MR) is 92.5 cm³/mol. The molecule has 2 aromatic heterocycles. The van der Waals surface area contributed by atoms with E-state index >= 15 is 0 Å². The SMILES string of the molecule is CC(c1nc2ccccc2s1)N(C)C(=O)CSc1nncn1C. The van der Waals surface area contributed by atoms with E-state index < -0.39 is 0 Å². The molecule has 0 saturated heterocycles. The van der Waals surface area contributed by atoms with Gasteiger partial charge in [-0.2, -0.15) is 0 Å². The van der Waals surface area contributed by atoms with E-state index in [1.165, 1.54) is 11.8 Å². The van der Waals surface area contributed by atoms with Gasteiger partial charge >= 0.3 is 0 Å². The van der Waals surface area contributed by atoms with Crippen LogP contribution in [0.3, 0.4) is 0 Å². The van der Waals surface area contributed by atoms with Crippen LogP contribution in [0.4, 0.5) is 0 Å². The monoisotopic (exact) mass is 347 g/mol. The number of rotatable bonds is 5. The molecule has 1 atom stereocenters. The van der Waals surface area contributed by atoms with Gasteiger partial charge in [-0.3, -0.25) is 4.79 Å². The van der Waals surface area contributed by atoms with E-state index in [0.717, 1.165) is 20.4 Å². The summed E-state index contributed by atoms with van der Waals surface area (Å²) in [6.45, 7) is 2.00. The fourth-order valence-electron chi connectivity index (χ4n) is 2.08. The number of thioether (sulfide) groups is 1. The second kappa shape index (κ2) is 6.67. The molecule has 0 aliphatic carbocycles. The lowest BCUT2D eigenvalue weighted by Crippen LogP contribution is -2.31. The smallest absolute Gasteiger partial charge is 0.233 e. The molecule has 3 rings (SSSR count). The number of hydrogen-bond donors (Lipinski definition) is 0. The van der Waals surface area contributed by atoms with E-state index in [0.29, 0.717) is 5.75 Å². The van der Waals surface area contributed by atoms with Crippen molar-refractivity contribution in [2.24, 2.45) is 7.05 Å². The minimum absolute atomic E-state index is 0.0461. The number of amides is 1. The van der Waals surface area contributed by atoms with Gasteiger partial charge in [0, 0.05) is 14.1 Å². The molecular formula is C15H17N5OS2. The van der Waals surface area contributed by atoms with Crippen LogP contribution in [0.25, 0.3) is 10.2 Å². The van der Waals surface area contributed by atoms with E-state index in [4.69, 9.17) is 0 Å². The number of carbonyl (C=O) groups is 1. The van der Waals surface area contributed by atoms with E-state index in [1.807, 2.05) is 39.2 Å². The Bertz CT molecular complexity index is 795. The molecule has 1 unspecified atom stereocenters. The lowest BCUT2D eigenvalue weighted by Gasteiger charge is -2.23. The van der Waals surface area contributed by atoms with Crippen molar-refractivity contribution in [1.29, 1.82) is 0 Å². The molecule has 6 nitrogen and oxygen atoms in total. The Labute approximate surface area is 142 Å².